The van der Waals surface area contributed by atoms with Crippen molar-refractivity contribution in [2.75, 3.05) is 0 Å². The maximum atomic E-state index is 13.0. The van der Waals surface area contributed by atoms with Crippen LogP contribution in [0.3, 0.4) is 0 Å². The molecule has 0 radical (unpaired) electrons. The van der Waals surface area contributed by atoms with Crippen LogP contribution in [0.1, 0.15) is 11.1 Å². The Morgan fingerprint density at radius 3 is 2.42 bits per heavy atom. The number of alkyl halides is 1. The highest BCUT2D eigenvalue weighted by molar-refractivity contribution is 5.31. The van der Waals surface area contributed by atoms with Crippen molar-refractivity contribution >= 4 is 0 Å². The Hall–Kier alpha value is -0.890. The minimum atomic E-state index is -1.08. The Kier molecular flexibility index (Phi) is 1.85. The first-order chi connectivity index (χ1) is 5.77. The molecule has 0 saturated carbocycles. The summed E-state index contributed by atoms with van der Waals surface area (Å²) in [5.74, 6) is 0. The highest BCUT2D eigenvalue weighted by Gasteiger charge is 2.25. The van der Waals surface area contributed by atoms with Gasteiger partial charge in [-0.3, -0.25) is 0 Å². The third-order valence-corrected chi connectivity index (χ3v) is 2.38. The summed E-state index contributed by atoms with van der Waals surface area (Å²) in [6.07, 6.45) is -1.07. The van der Waals surface area contributed by atoms with Crippen LogP contribution < -0.4 is 0 Å². The average molecular weight is 166 g/mol. The molecule has 0 amide bonds. The molecule has 12 heavy (non-hydrogen) atoms. The second-order valence-electron chi connectivity index (χ2n) is 3.26. The number of aliphatic hydroxyl groups is 1. The van der Waals surface area contributed by atoms with E-state index in [0.717, 1.165) is 11.1 Å². The van der Waals surface area contributed by atoms with E-state index in [1.165, 1.54) is 0 Å². The van der Waals surface area contributed by atoms with Crippen LogP contribution in [-0.4, -0.2) is 17.4 Å². The van der Waals surface area contributed by atoms with Crippen LogP contribution in [0.15, 0.2) is 24.3 Å². The van der Waals surface area contributed by atoms with Crippen molar-refractivity contribution in [2.45, 2.75) is 25.1 Å². The maximum absolute atomic E-state index is 13.0. The van der Waals surface area contributed by atoms with Gasteiger partial charge in [-0.05, 0) is 11.1 Å². The summed E-state index contributed by atoms with van der Waals surface area (Å²) in [4.78, 5) is 0. The number of hydrogen-bond donors (Lipinski definition) is 1. The Morgan fingerprint density at radius 1 is 1.17 bits per heavy atom. The quantitative estimate of drug-likeness (QED) is 0.619. The first kappa shape index (κ1) is 7.74. The van der Waals surface area contributed by atoms with E-state index in [1.54, 1.807) is 0 Å². The van der Waals surface area contributed by atoms with Gasteiger partial charge in [-0.1, -0.05) is 24.3 Å². The zero-order valence-electron chi connectivity index (χ0n) is 6.70. The van der Waals surface area contributed by atoms with Crippen LogP contribution >= 0.6 is 0 Å². The van der Waals surface area contributed by atoms with Crippen molar-refractivity contribution in [1.29, 1.82) is 0 Å². The fourth-order valence-electron chi connectivity index (χ4n) is 1.66. The van der Waals surface area contributed by atoms with Gasteiger partial charge >= 0.3 is 0 Å². The second kappa shape index (κ2) is 2.87. The monoisotopic (exact) mass is 166 g/mol. The summed E-state index contributed by atoms with van der Waals surface area (Å²) < 4.78 is 13.0. The standard InChI is InChI=1S/C10H11FO/c11-9-5-7-3-1-2-4-8(7)6-10(9)12/h1-4,9-10,12H,5-6H2/t9-,10-/m0/s1. The van der Waals surface area contributed by atoms with Crippen molar-refractivity contribution < 1.29 is 9.50 Å². The predicted molar refractivity (Wildman–Crippen MR) is 44.8 cm³/mol. The molecule has 1 nitrogen and oxygen atoms in total. The lowest BCUT2D eigenvalue weighted by molar-refractivity contribution is 0.0709. The van der Waals surface area contributed by atoms with Crippen LogP contribution in [0, 0.1) is 0 Å². The summed E-state index contributed by atoms with van der Waals surface area (Å²) in [7, 11) is 0. The van der Waals surface area contributed by atoms with E-state index in [2.05, 4.69) is 0 Å². The highest BCUT2D eigenvalue weighted by atomic mass is 19.1. The summed E-state index contributed by atoms with van der Waals surface area (Å²) >= 11 is 0. The zero-order chi connectivity index (χ0) is 8.55. The smallest absolute Gasteiger partial charge is 0.130 e. The molecule has 1 aromatic rings. The fraction of sp³-hybridized carbons (Fsp3) is 0.400. The lowest BCUT2D eigenvalue weighted by atomic mass is 9.89. The summed E-state index contributed by atoms with van der Waals surface area (Å²) in [6, 6.07) is 7.70. The summed E-state index contributed by atoms with van der Waals surface area (Å²) in [6.45, 7) is 0. The SMILES string of the molecule is O[C@H]1Cc2ccccc2C[C@@H]1F. The molecule has 0 saturated heterocycles. The molecule has 2 rings (SSSR count). The minimum Gasteiger partial charge on any atom is -0.390 e. The largest absolute Gasteiger partial charge is 0.390 e. The summed E-state index contributed by atoms with van der Waals surface area (Å²) in [5, 5.41) is 9.25. The molecule has 0 unspecified atom stereocenters. The van der Waals surface area contributed by atoms with E-state index in [9.17, 15) is 9.50 Å². The van der Waals surface area contributed by atoms with E-state index < -0.39 is 12.3 Å². The third-order valence-electron chi connectivity index (χ3n) is 2.38. The Bertz CT molecular complexity index is 256. The van der Waals surface area contributed by atoms with E-state index in [0.29, 0.717) is 12.8 Å². The molecule has 1 aromatic carbocycles. The maximum Gasteiger partial charge on any atom is 0.130 e. The summed E-state index contributed by atoms with van der Waals surface area (Å²) in [5.41, 5.74) is 2.12. The molecule has 0 aromatic heterocycles. The molecular weight excluding hydrogens is 155 g/mol. The van der Waals surface area contributed by atoms with Crippen molar-refractivity contribution in [2.24, 2.45) is 0 Å². The van der Waals surface area contributed by atoms with Gasteiger partial charge in [-0.15, -0.1) is 0 Å². The predicted octanol–water partition coefficient (Wildman–Crippen LogP) is 1.48. The van der Waals surface area contributed by atoms with Gasteiger partial charge in [-0.2, -0.15) is 0 Å². The number of halogens is 1. The van der Waals surface area contributed by atoms with Gasteiger partial charge in [0.25, 0.3) is 0 Å². The van der Waals surface area contributed by atoms with Crippen molar-refractivity contribution in [3.8, 4) is 0 Å². The van der Waals surface area contributed by atoms with Crippen LogP contribution in [-0.2, 0) is 12.8 Å². The van der Waals surface area contributed by atoms with Gasteiger partial charge in [0.1, 0.15) is 6.17 Å². The van der Waals surface area contributed by atoms with Gasteiger partial charge in [0.2, 0.25) is 0 Å². The van der Waals surface area contributed by atoms with Gasteiger partial charge in [0.15, 0.2) is 0 Å². The molecule has 0 aliphatic heterocycles. The number of aliphatic hydroxyl groups excluding tert-OH is 1. The number of fused-ring (bicyclic) bond motifs is 1. The van der Waals surface area contributed by atoms with Gasteiger partial charge in [0, 0.05) is 12.8 Å². The van der Waals surface area contributed by atoms with E-state index >= 15 is 0 Å². The molecule has 1 aliphatic carbocycles. The zero-order valence-corrected chi connectivity index (χ0v) is 6.70. The lowest BCUT2D eigenvalue weighted by Gasteiger charge is -2.23. The normalized spacial score (nSPS) is 28.2. The first-order valence-electron chi connectivity index (χ1n) is 4.16. The third kappa shape index (κ3) is 1.23. The number of rotatable bonds is 0. The highest BCUT2D eigenvalue weighted by Crippen LogP contribution is 2.22. The van der Waals surface area contributed by atoms with E-state index in [1.807, 2.05) is 24.3 Å². The Labute approximate surface area is 70.8 Å². The Balaban J connectivity index is 2.34. The first-order valence-corrected chi connectivity index (χ1v) is 4.16. The lowest BCUT2D eigenvalue weighted by Crippen LogP contribution is -2.31. The molecule has 2 atom stereocenters. The molecule has 0 bridgehead atoms. The minimum absolute atomic E-state index is 0.358. The van der Waals surface area contributed by atoms with Crippen LogP contribution in [0.4, 0.5) is 4.39 Å². The topological polar surface area (TPSA) is 20.2 Å². The molecule has 64 valence electrons. The van der Waals surface area contributed by atoms with Crippen LogP contribution in [0.5, 0.6) is 0 Å². The van der Waals surface area contributed by atoms with E-state index in [4.69, 9.17) is 0 Å². The number of hydrogen-bond acceptors (Lipinski definition) is 1. The van der Waals surface area contributed by atoms with Crippen LogP contribution in [0.2, 0.25) is 0 Å². The van der Waals surface area contributed by atoms with E-state index in [-0.39, 0.29) is 0 Å². The average Bonchev–Trinajstić information content (AvgIpc) is 2.07. The molecule has 0 spiro atoms. The van der Waals surface area contributed by atoms with Gasteiger partial charge in [-0.25, -0.2) is 4.39 Å². The molecule has 0 fully saturated rings. The van der Waals surface area contributed by atoms with Crippen molar-refractivity contribution in [3.63, 3.8) is 0 Å². The Morgan fingerprint density at radius 2 is 1.75 bits per heavy atom. The molecular formula is C10H11FO. The second-order valence-corrected chi connectivity index (χ2v) is 3.26. The molecule has 2 heteroatoms. The molecule has 0 heterocycles. The number of benzene rings is 1. The van der Waals surface area contributed by atoms with Crippen molar-refractivity contribution in [3.05, 3.63) is 35.4 Å². The molecule has 1 N–H and O–H groups in total. The van der Waals surface area contributed by atoms with Crippen LogP contribution in [0.25, 0.3) is 0 Å². The van der Waals surface area contributed by atoms with Crippen molar-refractivity contribution in [1.82, 2.24) is 0 Å². The molecule has 1 aliphatic rings. The van der Waals surface area contributed by atoms with Gasteiger partial charge < -0.3 is 5.11 Å². The fourth-order valence-corrected chi connectivity index (χ4v) is 1.66. The van der Waals surface area contributed by atoms with Gasteiger partial charge in [0.05, 0.1) is 6.10 Å².